The first-order valence-electron chi connectivity index (χ1n) is 7.19. The van der Waals surface area contributed by atoms with E-state index in [-0.39, 0.29) is 31.0 Å². The highest BCUT2D eigenvalue weighted by molar-refractivity contribution is 6.39. The molecule has 128 valence electrons. The fraction of sp³-hybridized carbons (Fsp3) is 0.235. The molecular formula is C17H15Cl3FNO2. The molecule has 0 radical (unpaired) electrons. The van der Waals surface area contributed by atoms with E-state index in [2.05, 4.69) is 5.32 Å². The summed E-state index contributed by atoms with van der Waals surface area (Å²) >= 11 is 18.2. The molecule has 7 heteroatoms. The number of carbonyl (C=O) groups excluding carboxylic acids is 1. The number of benzene rings is 2. The van der Waals surface area contributed by atoms with Crippen LogP contribution in [0.4, 0.5) is 4.39 Å². The summed E-state index contributed by atoms with van der Waals surface area (Å²) < 4.78 is 13.9. The molecule has 0 atom stereocenters. The van der Waals surface area contributed by atoms with Crippen molar-refractivity contribution in [1.82, 2.24) is 5.32 Å². The molecule has 0 aliphatic rings. The van der Waals surface area contributed by atoms with Crippen molar-refractivity contribution in [1.29, 1.82) is 0 Å². The van der Waals surface area contributed by atoms with Crippen molar-refractivity contribution in [2.75, 3.05) is 13.2 Å². The largest absolute Gasteiger partial charge is 0.395 e. The van der Waals surface area contributed by atoms with E-state index in [0.717, 1.165) is 5.56 Å². The van der Waals surface area contributed by atoms with Crippen LogP contribution >= 0.6 is 34.8 Å². The third kappa shape index (κ3) is 5.08. The van der Waals surface area contributed by atoms with Gasteiger partial charge in [0, 0.05) is 28.0 Å². The molecular weight excluding hydrogens is 376 g/mol. The smallest absolute Gasteiger partial charge is 0.224 e. The molecule has 0 aromatic heterocycles. The molecule has 2 N–H and O–H groups in total. The normalized spacial score (nSPS) is 10.7. The zero-order chi connectivity index (χ0) is 17.7. The van der Waals surface area contributed by atoms with Gasteiger partial charge in [-0.3, -0.25) is 4.79 Å². The highest BCUT2D eigenvalue weighted by Crippen LogP contribution is 2.31. The Morgan fingerprint density at radius 1 is 1.12 bits per heavy atom. The van der Waals surface area contributed by atoms with Crippen LogP contribution in [0.25, 0.3) is 0 Å². The standard InChI is InChI=1S/C17H15Cl3FNO2/c18-12-8-14(19)13(15(20)9-12)6-10-1-2-16(21)11(5-10)7-17(24)22-3-4-23/h1-2,5,8-9,23H,3-4,6-7H2,(H,22,24). The molecule has 2 rings (SSSR count). The van der Waals surface area contributed by atoms with Gasteiger partial charge in [0.25, 0.3) is 0 Å². The van der Waals surface area contributed by atoms with Crippen LogP contribution in [0.5, 0.6) is 0 Å². The van der Waals surface area contributed by atoms with E-state index in [9.17, 15) is 9.18 Å². The van der Waals surface area contributed by atoms with E-state index >= 15 is 0 Å². The predicted octanol–water partition coefficient (Wildman–Crippen LogP) is 4.03. The maximum absolute atomic E-state index is 13.9. The van der Waals surface area contributed by atoms with Crippen molar-refractivity contribution in [2.45, 2.75) is 12.8 Å². The highest BCUT2D eigenvalue weighted by Gasteiger charge is 2.12. The van der Waals surface area contributed by atoms with Crippen LogP contribution in [0.2, 0.25) is 15.1 Å². The summed E-state index contributed by atoms with van der Waals surface area (Å²) in [7, 11) is 0. The minimum atomic E-state index is -0.466. The molecule has 0 spiro atoms. The van der Waals surface area contributed by atoms with Crippen molar-refractivity contribution in [3.8, 4) is 0 Å². The number of rotatable bonds is 6. The van der Waals surface area contributed by atoms with Crippen LogP contribution in [0, 0.1) is 5.82 Å². The van der Waals surface area contributed by atoms with E-state index in [1.807, 2.05) is 0 Å². The van der Waals surface area contributed by atoms with Gasteiger partial charge in [-0.05, 0) is 34.9 Å². The molecule has 3 nitrogen and oxygen atoms in total. The fourth-order valence-electron chi connectivity index (χ4n) is 2.25. The van der Waals surface area contributed by atoms with E-state index < -0.39 is 5.82 Å². The summed E-state index contributed by atoms with van der Waals surface area (Å²) in [5.41, 5.74) is 1.72. The second-order valence-electron chi connectivity index (χ2n) is 5.20. The first-order valence-corrected chi connectivity index (χ1v) is 8.32. The van der Waals surface area contributed by atoms with Gasteiger partial charge in [-0.1, -0.05) is 46.9 Å². The maximum atomic E-state index is 13.9. The molecule has 0 heterocycles. The summed E-state index contributed by atoms with van der Waals surface area (Å²) in [6.07, 6.45) is 0.280. The Morgan fingerprint density at radius 2 is 1.79 bits per heavy atom. The number of hydrogen-bond acceptors (Lipinski definition) is 2. The SMILES string of the molecule is O=C(Cc1cc(Cc2c(Cl)cc(Cl)cc2Cl)ccc1F)NCCO. The highest BCUT2D eigenvalue weighted by atomic mass is 35.5. The van der Waals surface area contributed by atoms with Crippen molar-refractivity contribution in [2.24, 2.45) is 0 Å². The van der Waals surface area contributed by atoms with Gasteiger partial charge in [-0.2, -0.15) is 0 Å². The van der Waals surface area contributed by atoms with Crippen LogP contribution in [0.3, 0.4) is 0 Å². The van der Waals surface area contributed by atoms with Crippen molar-refractivity contribution in [3.63, 3.8) is 0 Å². The van der Waals surface area contributed by atoms with Gasteiger partial charge in [0.1, 0.15) is 5.82 Å². The third-order valence-corrected chi connectivity index (χ3v) is 4.27. The van der Waals surface area contributed by atoms with Gasteiger partial charge in [-0.15, -0.1) is 0 Å². The topological polar surface area (TPSA) is 49.3 Å². The molecule has 0 unspecified atom stereocenters. The second kappa shape index (κ2) is 8.67. The Balaban J connectivity index is 2.21. The zero-order valence-corrected chi connectivity index (χ0v) is 14.9. The number of nitrogens with one attached hydrogen (secondary N) is 1. The summed E-state index contributed by atoms with van der Waals surface area (Å²) in [4.78, 5) is 11.7. The second-order valence-corrected chi connectivity index (χ2v) is 6.45. The molecule has 0 aliphatic carbocycles. The number of carbonyl (C=O) groups is 1. The van der Waals surface area contributed by atoms with Gasteiger partial charge in [0.15, 0.2) is 0 Å². The monoisotopic (exact) mass is 389 g/mol. The molecule has 0 aliphatic heterocycles. The first-order chi connectivity index (χ1) is 11.4. The number of amides is 1. The molecule has 2 aromatic carbocycles. The molecule has 0 saturated heterocycles. The number of aliphatic hydroxyl groups is 1. The molecule has 24 heavy (non-hydrogen) atoms. The van der Waals surface area contributed by atoms with Crippen LogP contribution in [0.15, 0.2) is 30.3 Å². The minimum absolute atomic E-state index is 0.109. The molecule has 2 aromatic rings. The summed E-state index contributed by atoms with van der Waals surface area (Å²) in [6, 6.07) is 7.72. The first kappa shape index (κ1) is 19.0. The molecule has 0 saturated carbocycles. The quantitative estimate of drug-likeness (QED) is 0.782. The van der Waals surface area contributed by atoms with Crippen LogP contribution in [0.1, 0.15) is 16.7 Å². The molecule has 1 amide bonds. The number of hydrogen-bond donors (Lipinski definition) is 2. The van der Waals surface area contributed by atoms with Crippen LogP contribution in [-0.2, 0) is 17.6 Å². The Hall–Kier alpha value is -1.33. The lowest BCUT2D eigenvalue weighted by Crippen LogP contribution is -2.28. The summed E-state index contributed by atoms with van der Waals surface area (Å²) in [5, 5.41) is 12.5. The lowest BCUT2D eigenvalue weighted by molar-refractivity contribution is -0.120. The summed E-state index contributed by atoms with van der Waals surface area (Å²) in [5.74, 6) is -0.825. The van der Waals surface area contributed by atoms with E-state index in [1.54, 1.807) is 24.3 Å². The zero-order valence-electron chi connectivity index (χ0n) is 12.6. The van der Waals surface area contributed by atoms with Gasteiger partial charge in [0.2, 0.25) is 5.91 Å². The maximum Gasteiger partial charge on any atom is 0.224 e. The van der Waals surface area contributed by atoms with Crippen LogP contribution < -0.4 is 5.32 Å². The van der Waals surface area contributed by atoms with Gasteiger partial charge in [-0.25, -0.2) is 4.39 Å². The average Bonchev–Trinajstić information content (AvgIpc) is 2.51. The lowest BCUT2D eigenvalue weighted by atomic mass is 10.0. The van der Waals surface area contributed by atoms with E-state index in [4.69, 9.17) is 39.9 Å². The predicted molar refractivity (Wildman–Crippen MR) is 94.5 cm³/mol. The van der Waals surface area contributed by atoms with Crippen molar-refractivity contribution < 1.29 is 14.3 Å². The lowest BCUT2D eigenvalue weighted by Gasteiger charge is -2.10. The van der Waals surface area contributed by atoms with Crippen LogP contribution in [-0.4, -0.2) is 24.2 Å². The number of halogens is 4. The fourth-order valence-corrected chi connectivity index (χ4v) is 3.20. The van der Waals surface area contributed by atoms with Crippen molar-refractivity contribution >= 4 is 40.7 Å². The number of aliphatic hydroxyl groups excluding tert-OH is 1. The van der Waals surface area contributed by atoms with Gasteiger partial charge >= 0.3 is 0 Å². The summed E-state index contributed by atoms with van der Waals surface area (Å²) in [6.45, 7) is -0.0298. The van der Waals surface area contributed by atoms with Gasteiger partial charge in [0.05, 0.1) is 13.0 Å². The Morgan fingerprint density at radius 3 is 2.42 bits per heavy atom. The molecule has 0 fully saturated rings. The van der Waals surface area contributed by atoms with Gasteiger partial charge < -0.3 is 10.4 Å². The minimum Gasteiger partial charge on any atom is -0.395 e. The van der Waals surface area contributed by atoms with E-state index in [1.165, 1.54) is 6.07 Å². The average molecular weight is 391 g/mol. The Bertz CT molecular complexity index is 730. The Labute approximate surface area is 154 Å². The third-order valence-electron chi connectivity index (χ3n) is 3.38. The van der Waals surface area contributed by atoms with Crippen molar-refractivity contribution in [3.05, 3.63) is 67.9 Å². The van der Waals surface area contributed by atoms with E-state index in [0.29, 0.717) is 27.1 Å². The Kier molecular flexibility index (Phi) is 6.87. The molecule has 0 bridgehead atoms.